The number of rotatable bonds is 7. The average Bonchev–Trinajstić information content (AvgIpc) is 3.52. The third-order valence-electron chi connectivity index (χ3n) is 6.68. The molecule has 9 nitrogen and oxygen atoms in total. The Morgan fingerprint density at radius 3 is 2.60 bits per heavy atom. The molecule has 0 bridgehead atoms. The first-order valence-corrected chi connectivity index (χ1v) is 13.7. The number of methoxy groups -OCH3 is 1. The van der Waals surface area contributed by atoms with E-state index in [9.17, 15) is 22.0 Å². The molecular weight excluding hydrogens is 554 g/mol. The van der Waals surface area contributed by atoms with Gasteiger partial charge in [-0.15, -0.1) is 0 Å². The number of likely N-dealkylation sites (N-methyl/N-ethyl adjacent to an activating group) is 1. The maximum absolute atomic E-state index is 15.6. The first-order chi connectivity index (χ1) is 19.0. The lowest BCUT2D eigenvalue weighted by Gasteiger charge is -2.13. The first-order valence-electron chi connectivity index (χ1n) is 12.0. The van der Waals surface area contributed by atoms with E-state index in [2.05, 4.69) is 25.4 Å². The average molecular weight is 578 g/mol. The summed E-state index contributed by atoms with van der Waals surface area (Å²) < 4.78 is 90.4. The Morgan fingerprint density at radius 1 is 1.12 bits per heavy atom. The molecule has 1 atom stereocenters. The number of nitrogens with one attached hydrogen (secondary N) is 2. The second kappa shape index (κ2) is 10.5. The van der Waals surface area contributed by atoms with E-state index in [0.29, 0.717) is 18.7 Å². The van der Waals surface area contributed by atoms with Gasteiger partial charge in [-0.05, 0) is 44.3 Å². The lowest BCUT2D eigenvalue weighted by Crippen LogP contribution is -2.36. The summed E-state index contributed by atoms with van der Waals surface area (Å²) in [5.74, 6) is -6.24. The molecule has 14 heteroatoms. The maximum atomic E-state index is 15.6. The number of carbonyl (C=O) groups excluding carboxylic acids is 1. The van der Waals surface area contributed by atoms with Crippen molar-refractivity contribution in [1.29, 1.82) is 0 Å². The zero-order valence-electron chi connectivity index (χ0n) is 21.3. The molecule has 3 heterocycles. The van der Waals surface area contributed by atoms with Crippen molar-refractivity contribution in [2.45, 2.75) is 23.1 Å². The Labute approximate surface area is 226 Å². The van der Waals surface area contributed by atoms with Crippen molar-refractivity contribution >= 4 is 26.6 Å². The quantitative estimate of drug-likeness (QED) is 0.323. The van der Waals surface area contributed by atoms with Gasteiger partial charge in [0.25, 0.3) is 5.91 Å². The van der Waals surface area contributed by atoms with Crippen molar-refractivity contribution in [2.75, 3.05) is 27.2 Å². The number of benzene rings is 2. The van der Waals surface area contributed by atoms with Crippen LogP contribution in [0.3, 0.4) is 0 Å². The van der Waals surface area contributed by atoms with Gasteiger partial charge in [0, 0.05) is 34.7 Å². The monoisotopic (exact) mass is 577 g/mol. The van der Waals surface area contributed by atoms with Gasteiger partial charge in [-0.3, -0.25) is 9.89 Å². The van der Waals surface area contributed by atoms with Crippen molar-refractivity contribution in [3.05, 3.63) is 71.1 Å². The largest absolute Gasteiger partial charge is 0.480 e. The van der Waals surface area contributed by atoms with E-state index < -0.39 is 72.2 Å². The third-order valence-corrected chi connectivity index (χ3v) is 8.33. The lowest BCUT2D eigenvalue weighted by atomic mass is 9.99. The van der Waals surface area contributed by atoms with Gasteiger partial charge in [0.15, 0.2) is 15.7 Å². The first kappa shape index (κ1) is 27.5. The van der Waals surface area contributed by atoms with Gasteiger partial charge >= 0.3 is 0 Å². The molecule has 2 N–H and O–H groups in total. The highest BCUT2D eigenvalue weighted by Gasteiger charge is 2.28. The Kier molecular flexibility index (Phi) is 7.23. The van der Waals surface area contributed by atoms with Crippen LogP contribution in [-0.4, -0.2) is 67.7 Å². The second-order valence-electron chi connectivity index (χ2n) is 9.49. The van der Waals surface area contributed by atoms with Crippen LogP contribution in [0.25, 0.3) is 22.0 Å². The number of ether oxygens (including phenoxy) is 1. The molecule has 5 rings (SSSR count). The van der Waals surface area contributed by atoms with Crippen molar-refractivity contribution in [1.82, 2.24) is 25.4 Å². The summed E-state index contributed by atoms with van der Waals surface area (Å²) in [6.07, 6.45) is 1.50. The number of sulfone groups is 1. The number of amides is 1. The van der Waals surface area contributed by atoms with E-state index in [0.717, 1.165) is 38.4 Å². The van der Waals surface area contributed by atoms with Crippen LogP contribution in [0.4, 0.5) is 17.6 Å². The van der Waals surface area contributed by atoms with Crippen molar-refractivity contribution in [3.8, 4) is 17.0 Å². The number of hydrogen-bond acceptors (Lipinski definition) is 7. The van der Waals surface area contributed by atoms with Gasteiger partial charge in [-0.2, -0.15) is 5.10 Å². The minimum atomic E-state index is -4.47. The van der Waals surface area contributed by atoms with Gasteiger partial charge in [0.2, 0.25) is 5.88 Å². The minimum absolute atomic E-state index is 0.0131. The summed E-state index contributed by atoms with van der Waals surface area (Å²) in [5.41, 5.74) is -1.84. The Bertz CT molecular complexity index is 1740. The predicted molar refractivity (Wildman–Crippen MR) is 136 cm³/mol. The number of H-pyrrole nitrogens is 1. The summed E-state index contributed by atoms with van der Waals surface area (Å²) in [6, 6.07) is 4.45. The smallest absolute Gasteiger partial charge is 0.270 e. The molecule has 1 aliphatic heterocycles. The van der Waals surface area contributed by atoms with Crippen LogP contribution in [0.15, 0.2) is 41.4 Å². The van der Waals surface area contributed by atoms with Crippen molar-refractivity contribution in [2.24, 2.45) is 0 Å². The standard InChI is InChI=1S/C26H23F4N5O4S/c1-35-6-5-16(11-35)32-25(36)24-18-4-3-17(22(30)23(18)33-34-24)19-8-14(27)7-13(21(19)29)12-40(37,38)20-9-15(28)10-31-26(20)39-2/h3-4,7-10,16H,5-6,11-12H2,1-2H3,(H,32,36)(H,33,34)/t16-/m1/s1. The molecule has 0 unspecified atom stereocenters. The predicted octanol–water partition coefficient (Wildman–Crippen LogP) is 3.60. The molecule has 0 aliphatic carbocycles. The molecule has 2 aromatic carbocycles. The van der Waals surface area contributed by atoms with Crippen LogP contribution in [0.5, 0.6) is 5.88 Å². The normalized spacial score (nSPS) is 16.0. The molecule has 1 saturated heterocycles. The van der Waals surface area contributed by atoms with Crippen LogP contribution in [0.1, 0.15) is 22.5 Å². The molecule has 40 heavy (non-hydrogen) atoms. The van der Waals surface area contributed by atoms with E-state index in [1.807, 2.05) is 7.05 Å². The molecule has 4 aromatic rings. The molecule has 1 fully saturated rings. The fourth-order valence-electron chi connectivity index (χ4n) is 4.75. The van der Waals surface area contributed by atoms with Crippen LogP contribution in [0, 0.1) is 23.3 Å². The number of pyridine rings is 1. The molecule has 2 aromatic heterocycles. The van der Waals surface area contributed by atoms with Gasteiger partial charge in [0.05, 0.1) is 19.1 Å². The van der Waals surface area contributed by atoms with Crippen LogP contribution >= 0.6 is 0 Å². The highest BCUT2D eigenvalue weighted by molar-refractivity contribution is 7.90. The number of nitrogens with zero attached hydrogens (tertiary/aromatic N) is 3. The Balaban J connectivity index is 1.50. The minimum Gasteiger partial charge on any atom is -0.480 e. The number of fused-ring (bicyclic) bond motifs is 1. The molecule has 0 radical (unpaired) electrons. The van der Waals surface area contributed by atoms with E-state index in [1.54, 1.807) is 0 Å². The summed E-state index contributed by atoms with van der Waals surface area (Å²) >= 11 is 0. The Morgan fingerprint density at radius 2 is 1.90 bits per heavy atom. The number of carbonyl (C=O) groups is 1. The fraction of sp³-hybridized carbons (Fsp3) is 0.269. The molecular formula is C26H23F4N5O4S. The van der Waals surface area contributed by atoms with Crippen molar-refractivity contribution in [3.63, 3.8) is 0 Å². The van der Waals surface area contributed by atoms with E-state index in [1.165, 1.54) is 6.07 Å². The van der Waals surface area contributed by atoms with E-state index >= 15 is 8.78 Å². The fourth-order valence-corrected chi connectivity index (χ4v) is 6.22. The summed E-state index contributed by atoms with van der Waals surface area (Å²) in [5, 5.41) is 9.38. The highest BCUT2D eigenvalue weighted by Crippen LogP contribution is 2.34. The van der Waals surface area contributed by atoms with Gasteiger partial charge < -0.3 is 15.0 Å². The van der Waals surface area contributed by atoms with Crippen LogP contribution in [0.2, 0.25) is 0 Å². The van der Waals surface area contributed by atoms with Gasteiger partial charge in [-0.25, -0.2) is 31.0 Å². The van der Waals surface area contributed by atoms with Gasteiger partial charge in [0.1, 0.15) is 33.6 Å². The molecule has 0 saturated carbocycles. The zero-order valence-corrected chi connectivity index (χ0v) is 22.1. The van der Waals surface area contributed by atoms with E-state index in [4.69, 9.17) is 4.74 Å². The number of likely N-dealkylation sites (tertiary alicyclic amines) is 1. The number of hydrogen-bond donors (Lipinski definition) is 2. The molecule has 1 amide bonds. The van der Waals surface area contributed by atoms with Crippen LogP contribution in [-0.2, 0) is 15.6 Å². The second-order valence-corrected chi connectivity index (χ2v) is 11.4. The number of aromatic amines is 1. The summed E-state index contributed by atoms with van der Waals surface area (Å²) in [4.78, 5) is 17.7. The number of halogens is 4. The van der Waals surface area contributed by atoms with Gasteiger partial charge in [-0.1, -0.05) is 6.07 Å². The Hall–Kier alpha value is -4.04. The lowest BCUT2D eigenvalue weighted by molar-refractivity contribution is 0.0935. The summed E-state index contributed by atoms with van der Waals surface area (Å²) in [7, 11) is -1.43. The van der Waals surface area contributed by atoms with Crippen molar-refractivity contribution < 1.29 is 35.5 Å². The van der Waals surface area contributed by atoms with Crippen LogP contribution < -0.4 is 10.1 Å². The summed E-state index contributed by atoms with van der Waals surface area (Å²) in [6.45, 7) is 1.48. The van der Waals surface area contributed by atoms with E-state index in [-0.39, 0.29) is 22.6 Å². The molecule has 210 valence electrons. The maximum Gasteiger partial charge on any atom is 0.270 e. The third kappa shape index (κ3) is 5.11. The SMILES string of the molecule is COc1ncc(F)cc1S(=O)(=O)Cc1cc(F)cc(-c2ccc3c(C(=O)N[C@@H]4CCN(C)C4)[nH]nc3c2F)c1F. The number of aromatic nitrogens is 3. The topological polar surface area (TPSA) is 117 Å². The molecule has 0 spiro atoms. The highest BCUT2D eigenvalue weighted by atomic mass is 32.2. The zero-order chi connectivity index (χ0) is 28.8. The molecule has 1 aliphatic rings.